The summed E-state index contributed by atoms with van der Waals surface area (Å²) in [6.45, 7) is 1.81. The molecule has 2 unspecified atom stereocenters. The summed E-state index contributed by atoms with van der Waals surface area (Å²) in [7, 11) is 0. The molecule has 1 nitrogen and oxygen atoms in total. The summed E-state index contributed by atoms with van der Waals surface area (Å²) in [4.78, 5) is 0. The van der Waals surface area contributed by atoms with E-state index in [2.05, 4.69) is 36.4 Å². The van der Waals surface area contributed by atoms with Crippen molar-refractivity contribution in [2.75, 3.05) is 0 Å². The van der Waals surface area contributed by atoms with Crippen molar-refractivity contribution >= 4 is 0 Å². The average molecular weight is 238 g/mol. The van der Waals surface area contributed by atoms with Crippen molar-refractivity contribution in [1.82, 2.24) is 0 Å². The Hall–Kier alpha value is -1.60. The first kappa shape index (κ1) is 11.5. The number of benzene rings is 2. The lowest BCUT2D eigenvalue weighted by molar-refractivity contribution is 0.199. The van der Waals surface area contributed by atoms with Crippen LogP contribution in [-0.2, 0) is 6.42 Å². The maximum Gasteiger partial charge on any atom is 0.0761 e. The van der Waals surface area contributed by atoms with E-state index in [9.17, 15) is 5.11 Å². The topological polar surface area (TPSA) is 20.2 Å². The Balaban J connectivity index is 1.93. The minimum atomic E-state index is -0.380. The second kappa shape index (κ2) is 4.58. The van der Waals surface area contributed by atoms with Crippen molar-refractivity contribution in [2.24, 2.45) is 0 Å². The van der Waals surface area contributed by atoms with Crippen LogP contribution >= 0.6 is 0 Å². The van der Waals surface area contributed by atoms with Crippen LogP contribution < -0.4 is 0 Å². The van der Waals surface area contributed by atoms with E-state index in [4.69, 9.17) is 0 Å². The van der Waals surface area contributed by atoms with Gasteiger partial charge in [-0.15, -0.1) is 0 Å². The summed E-state index contributed by atoms with van der Waals surface area (Å²) in [5, 5.41) is 9.54. The Morgan fingerprint density at radius 1 is 1.06 bits per heavy atom. The van der Waals surface area contributed by atoms with Gasteiger partial charge in [-0.3, -0.25) is 0 Å². The zero-order valence-corrected chi connectivity index (χ0v) is 10.6. The third-order valence-electron chi connectivity index (χ3n) is 3.95. The molecule has 0 saturated carbocycles. The number of aliphatic hydroxyl groups excluding tert-OH is 1. The van der Waals surface area contributed by atoms with Crippen molar-refractivity contribution < 1.29 is 5.11 Å². The number of hydrogen-bond donors (Lipinski definition) is 1. The lowest BCUT2D eigenvalue weighted by atomic mass is 9.92. The first-order chi connectivity index (χ1) is 8.75. The van der Waals surface area contributed by atoms with Gasteiger partial charge >= 0.3 is 0 Å². The van der Waals surface area contributed by atoms with Gasteiger partial charge in [-0.25, -0.2) is 0 Å². The van der Waals surface area contributed by atoms with E-state index < -0.39 is 0 Å². The first-order valence-corrected chi connectivity index (χ1v) is 6.61. The van der Waals surface area contributed by atoms with Crippen molar-refractivity contribution in [2.45, 2.75) is 31.8 Å². The molecule has 2 aromatic rings. The van der Waals surface area contributed by atoms with Crippen LogP contribution in [0.15, 0.2) is 48.5 Å². The fraction of sp³-hybridized carbons (Fsp3) is 0.294. The minimum absolute atomic E-state index is 0.380. The second-order valence-electron chi connectivity index (χ2n) is 5.13. The molecule has 0 aliphatic heterocycles. The molecule has 18 heavy (non-hydrogen) atoms. The number of aliphatic hydroxyl groups is 1. The molecule has 3 rings (SSSR count). The summed E-state index contributed by atoms with van der Waals surface area (Å²) < 4.78 is 0. The molecule has 92 valence electrons. The predicted molar refractivity (Wildman–Crippen MR) is 73.7 cm³/mol. The van der Waals surface area contributed by atoms with Crippen LogP contribution in [0.1, 0.15) is 47.6 Å². The minimum Gasteiger partial charge on any atom is -0.389 e. The maximum atomic E-state index is 9.54. The molecular formula is C17H18O. The molecule has 0 bridgehead atoms. The SMILES string of the molecule is CC(O)c1ccc(C2CCc3ccccc32)cc1. The Bertz CT molecular complexity index is 540. The van der Waals surface area contributed by atoms with Gasteiger partial charge in [-0.1, -0.05) is 48.5 Å². The third kappa shape index (κ3) is 1.95. The van der Waals surface area contributed by atoms with Crippen molar-refractivity contribution in [3.8, 4) is 0 Å². The molecule has 1 heteroatoms. The summed E-state index contributed by atoms with van der Waals surface area (Å²) in [6.07, 6.45) is 2.00. The smallest absolute Gasteiger partial charge is 0.0761 e. The highest BCUT2D eigenvalue weighted by Gasteiger charge is 2.23. The van der Waals surface area contributed by atoms with Crippen LogP contribution in [0.5, 0.6) is 0 Å². The van der Waals surface area contributed by atoms with E-state index in [0.717, 1.165) is 5.56 Å². The van der Waals surface area contributed by atoms with Gasteiger partial charge in [0, 0.05) is 5.92 Å². The van der Waals surface area contributed by atoms with Crippen LogP contribution in [0, 0.1) is 0 Å². The van der Waals surface area contributed by atoms with E-state index in [1.807, 2.05) is 12.1 Å². The molecule has 2 aromatic carbocycles. The van der Waals surface area contributed by atoms with Crippen LogP contribution in [0.4, 0.5) is 0 Å². The van der Waals surface area contributed by atoms with Gasteiger partial charge in [0.05, 0.1) is 6.10 Å². The lowest BCUT2D eigenvalue weighted by Crippen LogP contribution is -1.97. The van der Waals surface area contributed by atoms with Gasteiger partial charge in [0.25, 0.3) is 0 Å². The van der Waals surface area contributed by atoms with Gasteiger partial charge in [0.2, 0.25) is 0 Å². The number of rotatable bonds is 2. The molecule has 1 N–H and O–H groups in total. The van der Waals surface area contributed by atoms with Crippen LogP contribution in [0.25, 0.3) is 0 Å². The average Bonchev–Trinajstić information content (AvgIpc) is 2.82. The summed E-state index contributed by atoms with van der Waals surface area (Å²) in [5.74, 6) is 0.532. The van der Waals surface area contributed by atoms with E-state index >= 15 is 0 Å². The molecular weight excluding hydrogens is 220 g/mol. The third-order valence-corrected chi connectivity index (χ3v) is 3.95. The highest BCUT2D eigenvalue weighted by atomic mass is 16.3. The molecule has 0 aromatic heterocycles. The monoisotopic (exact) mass is 238 g/mol. The molecule has 0 amide bonds. The normalized spacial score (nSPS) is 19.6. The van der Waals surface area contributed by atoms with E-state index in [1.54, 1.807) is 6.92 Å². The zero-order valence-electron chi connectivity index (χ0n) is 10.6. The second-order valence-corrected chi connectivity index (χ2v) is 5.13. The fourth-order valence-corrected chi connectivity index (χ4v) is 2.91. The van der Waals surface area contributed by atoms with E-state index in [-0.39, 0.29) is 6.10 Å². The Morgan fingerprint density at radius 2 is 1.78 bits per heavy atom. The zero-order chi connectivity index (χ0) is 12.5. The molecule has 1 aliphatic rings. The van der Waals surface area contributed by atoms with Gasteiger partial charge in [0.1, 0.15) is 0 Å². The van der Waals surface area contributed by atoms with Gasteiger partial charge < -0.3 is 5.11 Å². The van der Waals surface area contributed by atoms with Crippen LogP contribution in [0.3, 0.4) is 0 Å². The highest BCUT2D eigenvalue weighted by Crippen LogP contribution is 2.38. The number of fused-ring (bicyclic) bond motifs is 1. The molecule has 0 heterocycles. The summed E-state index contributed by atoms with van der Waals surface area (Å²) in [5.41, 5.74) is 5.32. The number of hydrogen-bond acceptors (Lipinski definition) is 1. The number of aryl methyl sites for hydroxylation is 1. The first-order valence-electron chi connectivity index (χ1n) is 6.61. The lowest BCUT2D eigenvalue weighted by Gasteiger charge is -2.13. The largest absolute Gasteiger partial charge is 0.389 e. The van der Waals surface area contributed by atoms with Crippen LogP contribution in [0.2, 0.25) is 0 Å². The molecule has 0 fully saturated rings. The maximum absolute atomic E-state index is 9.54. The molecule has 0 spiro atoms. The Kier molecular flexibility index (Phi) is 2.92. The molecule has 0 saturated heterocycles. The van der Waals surface area contributed by atoms with Crippen molar-refractivity contribution in [1.29, 1.82) is 0 Å². The predicted octanol–water partition coefficient (Wildman–Crippen LogP) is 3.82. The van der Waals surface area contributed by atoms with Crippen molar-refractivity contribution in [3.05, 3.63) is 70.8 Å². The Morgan fingerprint density at radius 3 is 2.50 bits per heavy atom. The molecule has 1 aliphatic carbocycles. The molecule has 0 radical (unpaired) electrons. The summed E-state index contributed by atoms with van der Waals surface area (Å²) in [6, 6.07) is 17.1. The van der Waals surface area contributed by atoms with E-state index in [1.165, 1.54) is 29.5 Å². The standard InChI is InChI=1S/C17H18O/c1-12(18)13-6-8-15(9-7-13)17-11-10-14-4-2-3-5-16(14)17/h2-9,12,17-18H,10-11H2,1H3. The van der Waals surface area contributed by atoms with Gasteiger partial charge in [0.15, 0.2) is 0 Å². The van der Waals surface area contributed by atoms with E-state index in [0.29, 0.717) is 5.92 Å². The highest BCUT2D eigenvalue weighted by molar-refractivity contribution is 5.42. The molecule has 2 atom stereocenters. The van der Waals surface area contributed by atoms with Crippen molar-refractivity contribution in [3.63, 3.8) is 0 Å². The van der Waals surface area contributed by atoms with Crippen LogP contribution in [-0.4, -0.2) is 5.11 Å². The summed E-state index contributed by atoms with van der Waals surface area (Å²) >= 11 is 0. The Labute approximate surface area is 108 Å². The van der Waals surface area contributed by atoms with Gasteiger partial charge in [-0.2, -0.15) is 0 Å². The van der Waals surface area contributed by atoms with Gasteiger partial charge in [-0.05, 0) is 42.0 Å². The quantitative estimate of drug-likeness (QED) is 0.843. The fourth-order valence-electron chi connectivity index (χ4n) is 2.91.